The van der Waals surface area contributed by atoms with E-state index in [9.17, 15) is 19.2 Å². The second-order valence-corrected chi connectivity index (χ2v) is 5.82. The summed E-state index contributed by atoms with van der Waals surface area (Å²) >= 11 is 0. The van der Waals surface area contributed by atoms with Crippen molar-refractivity contribution in [2.75, 3.05) is 11.9 Å². The first-order valence-corrected chi connectivity index (χ1v) is 8.31. The van der Waals surface area contributed by atoms with Crippen LogP contribution in [0.25, 0.3) is 0 Å². The Balaban J connectivity index is 1.85. The van der Waals surface area contributed by atoms with Gasteiger partial charge in [-0.1, -0.05) is 30.3 Å². The van der Waals surface area contributed by atoms with E-state index in [2.05, 4.69) is 10.6 Å². The lowest BCUT2D eigenvalue weighted by Gasteiger charge is -2.14. The van der Waals surface area contributed by atoms with E-state index in [-0.39, 0.29) is 5.78 Å². The minimum absolute atomic E-state index is 0.194. The molecule has 0 aliphatic heterocycles. The monoisotopic (exact) mass is 368 g/mol. The molecule has 0 aliphatic rings. The second-order valence-electron chi connectivity index (χ2n) is 5.82. The van der Waals surface area contributed by atoms with E-state index >= 15 is 0 Å². The summed E-state index contributed by atoms with van der Waals surface area (Å²) < 4.78 is 4.92. The van der Waals surface area contributed by atoms with Crippen molar-refractivity contribution >= 4 is 29.3 Å². The zero-order valence-corrected chi connectivity index (χ0v) is 15.0. The SMILES string of the molecule is CC(=O)c1ccccc1NC(=O)COC(=O)C(C)NC(=O)c1ccccc1. The average Bonchev–Trinajstić information content (AvgIpc) is 2.66. The zero-order valence-electron chi connectivity index (χ0n) is 15.0. The number of hydrogen-bond acceptors (Lipinski definition) is 5. The highest BCUT2D eigenvalue weighted by Gasteiger charge is 2.19. The van der Waals surface area contributed by atoms with Gasteiger partial charge in [-0.3, -0.25) is 14.4 Å². The van der Waals surface area contributed by atoms with E-state index in [4.69, 9.17) is 4.74 Å². The first-order valence-electron chi connectivity index (χ1n) is 8.31. The van der Waals surface area contributed by atoms with Gasteiger partial charge in [0.1, 0.15) is 6.04 Å². The minimum Gasteiger partial charge on any atom is -0.454 e. The maximum Gasteiger partial charge on any atom is 0.328 e. The molecule has 2 aromatic carbocycles. The van der Waals surface area contributed by atoms with Crippen LogP contribution in [-0.2, 0) is 14.3 Å². The van der Waals surface area contributed by atoms with Crippen molar-refractivity contribution in [2.45, 2.75) is 19.9 Å². The number of hydrogen-bond donors (Lipinski definition) is 2. The number of carbonyl (C=O) groups excluding carboxylic acids is 4. The van der Waals surface area contributed by atoms with Crippen molar-refractivity contribution in [3.8, 4) is 0 Å². The number of para-hydroxylation sites is 1. The Morgan fingerprint density at radius 3 is 2.26 bits per heavy atom. The minimum atomic E-state index is -0.921. The molecule has 0 bridgehead atoms. The van der Waals surface area contributed by atoms with Crippen LogP contribution < -0.4 is 10.6 Å². The molecule has 0 spiro atoms. The summed E-state index contributed by atoms with van der Waals surface area (Å²) in [5, 5.41) is 5.03. The van der Waals surface area contributed by atoms with Gasteiger partial charge in [0.05, 0.1) is 5.69 Å². The number of anilines is 1. The summed E-state index contributed by atoms with van der Waals surface area (Å²) in [6.45, 7) is 2.32. The van der Waals surface area contributed by atoms with Crippen LogP contribution in [0, 0.1) is 0 Å². The van der Waals surface area contributed by atoms with Crippen molar-refractivity contribution < 1.29 is 23.9 Å². The molecule has 0 aliphatic carbocycles. The lowest BCUT2D eigenvalue weighted by Crippen LogP contribution is -2.40. The molecule has 0 aromatic heterocycles. The molecule has 7 nitrogen and oxygen atoms in total. The van der Waals surface area contributed by atoms with Gasteiger partial charge in [0.2, 0.25) is 0 Å². The predicted molar refractivity (Wildman–Crippen MR) is 99.4 cm³/mol. The Labute approximate surface area is 156 Å². The molecule has 0 saturated heterocycles. The number of Topliss-reactive ketones (excluding diaryl/α,β-unsaturated/α-hetero) is 1. The first kappa shape index (κ1) is 19.8. The van der Waals surface area contributed by atoms with Gasteiger partial charge in [0, 0.05) is 11.1 Å². The highest BCUT2D eigenvalue weighted by atomic mass is 16.5. The van der Waals surface area contributed by atoms with E-state index < -0.39 is 30.4 Å². The number of nitrogens with one attached hydrogen (secondary N) is 2. The van der Waals surface area contributed by atoms with E-state index in [0.29, 0.717) is 16.8 Å². The third-order valence-electron chi connectivity index (χ3n) is 3.66. The van der Waals surface area contributed by atoms with Crippen molar-refractivity contribution in [2.24, 2.45) is 0 Å². The summed E-state index contributed by atoms with van der Waals surface area (Å²) in [7, 11) is 0. The molecule has 0 fully saturated rings. The predicted octanol–water partition coefficient (Wildman–Crippen LogP) is 2.19. The number of amides is 2. The molecule has 27 heavy (non-hydrogen) atoms. The quantitative estimate of drug-likeness (QED) is 0.576. The fourth-order valence-electron chi connectivity index (χ4n) is 2.28. The Hall–Kier alpha value is -3.48. The highest BCUT2D eigenvalue weighted by molar-refractivity contribution is 6.04. The Bertz CT molecular complexity index is 848. The van der Waals surface area contributed by atoms with Gasteiger partial charge in [0.25, 0.3) is 11.8 Å². The fourth-order valence-corrected chi connectivity index (χ4v) is 2.28. The number of ketones is 1. The normalized spacial score (nSPS) is 11.2. The van der Waals surface area contributed by atoms with Crippen LogP contribution in [0.2, 0.25) is 0 Å². The molecule has 1 atom stereocenters. The lowest BCUT2D eigenvalue weighted by atomic mass is 10.1. The molecule has 1 unspecified atom stereocenters. The van der Waals surface area contributed by atoms with Crippen LogP contribution in [-0.4, -0.2) is 36.2 Å². The van der Waals surface area contributed by atoms with Crippen molar-refractivity contribution in [1.82, 2.24) is 5.32 Å². The van der Waals surface area contributed by atoms with Crippen molar-refractivity contribution in [3.63, 3.8) is 0 Å². The van der Waals surface area contributed by atoms with Gasteiger partial charge < -0.3 is 15.4 Å². The first-order chi connectivity index (χ1) is 12.9. The van der Waals surface area contributed by atoms with Crippen LogP contribution in [0.4, 0.5) is 5.69 Å². The molecule has 2 N–H and O–H groups in total. The highest BCUT2D eigenvalue weighted by Crippen LogP contribution is 2.15. The molecule has 2 rings (SSSR count). The number of ether oxygens (including phenoxy) is 1. The summed E-state index contributed by atoms with van der Waals surface area (Å²) in [6, 6.07) is 14.0. The van der Waals surface area contributed by atoms with Gasteiger partial charge in [-0.05, 0) is 38.1 Å². The van der Waals surface area contributed by atoms with Gasteiger partial charge in [-0.25, -0.2) is 4.79 Å². The summed E-state index contributed by atoms with van der Waals surface area (Å²) in [4.78, 5) is 47.5. The van der Waals surface area contributed by atoms with Crippen LogP contribution in [0.5, 0.6) is 0 Å². The van der Waals surface area contributed by atoms with Crippen LogP contribution in [0.15, 0.2) is 54.6 Å². The lowest BCUT2D eigenvalue weighted by molar-refractivity contribution is -0.148. The number of esters is 1. The maximum atomic E-state index is 12.0. The summed E-state index contributed by atoms with van der Waals surface area (Å²) in [6.07, 6.45) is 0. The molecular formula is C20H20N2O5. The molecule has 0 radical (unpaired) electrons. The number of carbonyl (C=O) groups is 4. The third-order valence-corrected chi connectivity index (χ3v) is 3.66. The number of benzene rings is 2. The maximum absolute atomic E-state index is 12.0. The van der Waals surface area contributed by atoms with E-state index in [1.54, 1.807) is 54.6 Å². The topological polar surface area (TPSA) is 102 Å². The van der Waals surface area contributed by atoms with Crippen molar-refractivity contribution in [3.05, 3.63) is 65.7 Å². The number of rotatable bonds is 7. The molecule has 0 heterocycles. The standard InChI is InChI=1S/C20H20N2O5/c1-13(21-19(25)15-8-4-3-5-9-15)20(26)27-12-18(24)22-17-11-7-6-10-16(17)14(2)23/h3-11,13H,12H2,1-2H3,(H,21,25)(H,22,24). The Kier molecular flexibility index (Phi) is 6.82. The van der Waals surface area contributed by atoms with Gasteiger partial charge in [0.15, 0.2) is 12.4 Å². The van der Waals surface area contributed by atoms with Crippen LogP contribution >= 0.6 is 0 Å². The average molecular weight is 368 g/mol. The van der Waals surface area contributed by atoms with Crippen molar-refractivity contribution in [1.29, 1.82) is 0 Å². The van der Waals surface area contributed by atoms with Gasteiger partial charge in [-0.2, -0.15) is 0 Å². The molecule has 0 saturated carbocycles. The second kappa shape index (κ2) is 9.28. The fraction of sp³-hybridized carbons (Fsp3) is 0.200. The smallest absolute Gasteiger partial charge is 0.328 e. The Morgan fingerprint density at radius 2 is 1.59 bits per heavy atom. The largest absolute Gasteiger partial charge is 0.454 e. The summed E-state index contributed by atoms with van der Waals surface area (Å²) in [5.74, 6) is -1.94. The van der Waals surface area contributed by atoms with E-state index in [1.807, 2.05) is 0 Å². The molecule has 2 amide bonds. The molecule has 2 aromatic rings. The summed E-state index contributed by atoms with van der Waals surface area (Å²) in [5.41, 5.74) is 1.12. The van der Waals surface area contributed by atoms with Crippen LogP contribution in [0.3, 0.4) is 0 Å². The zero-order chi connectivity index (χ0) is 19.8. The Morgan fingerprint density at radius 1 is 0.963 bits per heavy atom. The molecular weight excluding hydrogens is 348 g/mol. The van der Waals surface area contributed by atoms with Crippen LogP contribution in [0.1, 0.15) is 34.6 Å². The van der Waals surface area contributed by atoms with E-state index in [0.717, 1.165) is 0 Å². The molecule has 7 heteroatoms. The van der Waals surface area contributed by atoms with E-state index in [1.165, 1.54) is 13.8 Å². The van der Waals surface area contributed by atoms with Gasteiger partial charge in [-0.15, -0.1) is 0 Å². The third kappa shape index (κ3) is 5.78. The molecule has 140 valence electrons. The van der Waals surface area contributed by atoms with Gasteiger partial charge >= 0.3 is 5.97 Å².